The van der Waals surface area contributed by atoms with Gasteiger partial charge in [-0.25, -0.2) is 17.9 Å². The van der Waals surface area contributed by atoms with Crippen LogP contribution in [0.4, 0.5) is 0 Å². The highest BCUT2D eigenvalue weighted by Crippen LogP contribution is 2.23. The van der Waals surface area contributed by atoms with Crippen molar-refractivity contribution in [2.24, 2.45) is 0 Å². The second-order valence-corrected chi connectivity index (χ2v) is 9.58. The number of rotatable bonds is 9. The van der Waals surface area contributed by atoms with Crippen molar-refractivity contribution in [1.82, 2.24) is 10.0 Å². The van der Waals surface area contributed by atoms with Crippen molar-refractivity contribution >= 4 is 33.5 Å². The van der Waals surface area contributed by atoms with Crippen LogP contribution in [0.3, 0.4) is 0 Å². The van der Waals surface area contributed by atoms with E-state index < -0.39 is 28.5 Å². The fourth-order valence-corrected chi connectivity index (χ4v) is 4.28. The summed E-state index contributed by atoms with van der Waals surface area (Å²) in [6, 6.07) is 15.8. The summed E-state index contributed by atoms with van der Waals surface area (Å²) in [5, 5.41) is 3.22. The average Bonchev–Trinajstić information content (AvgIpc) is 3.25. The number of benzene rings is 2. The fraction of sp³-hybridized carbons (Fsp3) is 0.217. The summed E-state index contributed by atoms with van der Waals surface area (Å²) >= 11 is 5.88. The lowest BCUT2D eigenvalue weighted by atomic mass is 10.2. The Labute approximate surface area is 196 Å². The molecule has 3 aromatic rings. The van der Waals surface area contributed by atoms with Gasteiger partial charge in [-0.15, -0.1) is 0 Å². The zero-order chi connectivity index (χ0) is 24.0. The van der Waals surface area contributed by atoms with Gasteiger partial charge in [-0.1, -0.05) is 17.7 Å². The maximum absolute atomic E-state index is 12.3. The predicted octanol–water partition coefficient (Wildman–Crippen LogP) is 3.76. The monoisotopic (exact) mass is 490 g/mol. The summed E-state index contributed by atoms with van der Waals surface area (Å²) in [7, 11) is -3.76. The van der Waals surface area contributed by atoms with Gasteiger partial charge in [-0.2, -0.15) is 0 Å². The maximum Gasteiger partial charge on any atom is 0.338 e. The zero-order valence-electron chi connectivity index (χ0n) is 18.0. The Kier molecular flexibility index (Phi) is 7.91. The van der Waals surface area contributed by atoms with Crippen molar-refractivity contribution in [2.45, 2.75) is 31.3 Å². The highest BCUT2D eigenvalue weighted by molar-refractivity contribution is 7.89. The first-order chi connectivity index (χ1) is 15.6. The summed E-state index contributed by atoms with van der Waals surface area (Å²) in [6.45, 7) is 2.97. The minimum Gasteiger partial charge on any atom is -0.459 e. The van der Waals surface area contributed by atoms with E-state index in [1.54, 1.807) is 38.1 Å². The molecule has 0 atom stereocenters. The third-order valence-electron chi connectivity index (χ3n) is 4.36. The van der Waals surface area contributed by atoms with E-state index in [1.807, 2.05) is 12.1 Å². The summed E-state index contributed by atoms with van der Waals surface area (Å²) in [5.41, 5.74) is 0.867. The molecule has 33 heavy (non-hydrogen) atoms. The van der Waals surface area contributed by atoms with Crippen LogP contribution in [0, 0.1) is 0 Å². The number of hydrogen-bond donors (Lipinski definition) is 2. The second kappa shape index (κ2) is 10.7. The molecule has 1 heterocycles. The van der Waals surface area contributed by atoms with Gasteiger partial charge in [0.2, 0.25) is 10.0 Å². The van der Waals surface area contributed by atoms with Gasteiger partial charge in [0.1, 0.15) is 11.5 Å². The van der Waals surface area contributed by atoms with Crippen LogP contribution >= 0.6 is 11.6 Å². The van der Waals surface area contributed by atoms with Gasteiger partial charge in [0.15, 0.2) is 6.61 Å². The molecular weight excluding hydrogens is 468 g/mol. The maximum atomic E-state index is 12.3. The molecule has 0 unspecified atom stereocenters. The second-order valence-electron chi connectivity index (χ2n) is 7.43. The molecule has 1 amide bonds. The van der Waals surface area contributed by atoms with Crippen molar-refractivity contribution in [2.75, 3.05) is 6.61 Å². The van der Waals surface area contributed by atoms with Crippen LogP contribution in [0.25, 0.3) is 11.3 Å². The largest absolute Gasteiger partial charge is 0.459 e. The lowest BCUT2D eigenvalue weighted by Crippen LogP contribution is -2.30. The minimum atomic E-state index is -3.76. The number of sulfonamides is 1. The van der Waals surface area contributed by atoms with Crippen molar-refractivity contribution in [3.8, 4) is 11.3 Å². The lowest BCUT2D eigenvalue weighted by molar-refractivity contribution is -0.124. The van der Waals surface area contributed by atoms with Gasteiger partial charge in [-0.05, 0) is 68.4 Å². The molecule has 3 rings (SSSR count). The van der Waals surface area contributed by atoms with Gasteiger partial charge >= 0.3 is 5.97 Å². The molecule has 0 aliphatic rings. The fourth-order valence-electron chi connectivity index (χ4n) is 2.86. The molecule has 8 nitrogen and oxygen atoms in total. The molecule has 0 radical (unpaired) electrons. The van der Waals surface area contributed by atoms with Crippen LogP contribution < -0.4 is 10.0 Å². The van der Waals surface area contributed by atoms with Gasteiger partial charge in [0.25, 0.3) is 5.91 Å². The number of halogens is 1. The highest BCUT2D eigenvalue weighted by Gasteiger charge is 2.18. The van der Waals surface area contributed by atoms with Gasteiger partial charge in [0, 0.05) is 16.6 Å². The summed E-state index contributed by atoms with van der Waals surface area (Å²) in [5.74, 6) is -0.188. The van der Waals surface area contributed by atoms with E-state index >= 15 is 0 Å². The molecule has 0 saturated carbocycles. The van der Waals surface area contributed by atoms with Crippen LogP contribution in [-0.2, 0) is 26.1 Å². The van der Waals surface area contributed by atoms with Gasteiger partial charge in [-0.3, -0.25) is 4.79 Å². The molecule has 0 aliphatic heterocycles. The highest BCUT2D eigenvalue weighted by atomic mass is 35.5. The number of nitrogens with one attached hydrogen (secondary N) is 2. The molecule has 0 fully saturated rings. The van der Waals surface area contributed by atoms with Crippen molar-refractivity contribution in [1.29, 1.82) is 0 Å². The Morgan fingerprint density at radius 2 is 1.79 bits per heavy atom. The first-order valence-electron chi connectivity index (χ1n) is 10.0. The number of amides is 1. The van der Waals surface area contributed by atoms with Crippen LogP contribution in [0.1, 0.15) is 30.0 Å². The first kappa shape index (κ1) is 24.5. The normalized spacial score (nSPS) is 11.4. The third kappa shape index (κ3) is 6.92. The molecule has 10 heteroatoms. The molecule has 2 N–H and O–H groups in total. The van der Waals surface area contributed by atoms with E-state index in [-0.39, 0.29) is 23.0 Å². The Morgan fingerprint density at radius 1 is 1.06 bits per heavy atom. The van der Waals surface area contributed by atoms with Gasteiger partial charge in [0.05, 0.1) is 17.0 Å². The van der Waals surface area contributed by atoms with E-state index in [0.717, 1.165) is 5.56 Å². The van der Waals surface area contributed by atoms with Crippen LogP contribution in [-0.4, -0.2) is 32.9 Å². The predicted molar refractivity (Wildman–Crippen MR) is 123 cm³/mol. The molecular formula is C23H23ClN2O6S. The molecule has 1 aromatic heterocycles. The average molecular weight is 491 g/mol. The first-order valence-corrected chi connectivity index (χ1v) is 11.9. The molecule has 0 bridgehead atoms. The van der Waals surface area contributed by atoms with E-state index in [4.69, 9.17) is 20.8 Å². The van der Waals surface area contributed by atoms with E-state index in [9.17, 15) is 18.0 Å². The Hall–Kier alpha value is -3.14. The van der Waals surface area contributed by atoms with E-state index in [0.29, 0.717) is 16.5 Å². The summed E-state index contributed by atoms with van der Waals surface area (Å²) < 4.78 is 37.7. The Bertz CT molecular complexity index is 1240. The molecule has 174 valence electrons. The van der Waals surface area contributed by atoms with E-state index in [1.165, 1.54) is 24.3 Å². The smallest absolute Gasteiger partial charge is 0.338 e. The SMILES string of the molecule is CC(C)NS(=O)(=O)c1cccc(C(=O)OCC(=O)NCc2ccc(-c3ccc(Cl)cc3)o2)c1. The number of ether oxygens (including phenoxy) is 1. The minimum absolute atomic E-state index is 0.0214. The third-order valence-corrected chi connectivity index (χ3v) is 6.26. The summed E-state index contributed by atoms with van der Waals surface area (Å²) in [6.07, 6.45) is 0. The molecule has 0 saturated heterocycles. The number of carbonyl (C=O) groups is 2. The number of furan rings is 1. The molecule has 2 aromatic carbocycles. The van der Waals surface area contributed by atoms with E-state index in [2.05, 4.69) is 10.0 Å². The topological polar surface area (TPSA) is 115 Å². The van der Waals surface area contributed by atoms with Crippen LogP contribution in [0.15, 0.2) is 70.0 Å². The van der Waals surface area contributed by atoms with Crippen molar-refractivity contribution in [3.05, 3.63) is 77.0 Å². The quantitative estimate of drug-likeness (QED) is 0.441. The lowest BCUT2D eigenvalue weighted by Gasteiger charge is -2.10. The Morgan fingerprint density at radius 3 is 2.48 bits per heavy atom. The number of esters is 1. The van der Waals surface area contributed by atoms with Crippen LogP contribution in [0.5, 0.6) is 0 Å². The van der Waals surface area contributed by atoms with Crippen molar-refractivity contribution < 1.29 is 27.2 Å². The zero-order valence-corrected chi connectivity index (χ0v) is 19.6. The summed E-state index contributed by atoms with van der Waals surface area (Å²) in [4.78, 5) is 24.3. The van der Waals surface area contributed by atoms with Gasteiger partial charge < -0.3 is 14.5 Å². The van der Waals surface area contributed by atoms with Crippen LogP contribution in [0.2, 0.25) is 5.02 Å². The number of carbonyl (C=O) groups excluding carboxylic acids is 2. The number of hydrogen-bond acceptors (Lipinski definition) is 6. The van der Waals surface area contributed by atoms with Crippen molar-refractivity contribution in [3.63, 3.8) is 0 Å². The Balaban J connectivity index is 1.52. The standard InChI is InChI=1S/C23H23ClN2O6S/c1-15(2)26-33(29,30)20-5-3-4-17(12-20)23(28)31-14-22(27)25-13-19-10-11-21(32-19)16-6-8-18(24)9-7-16/h3-12,15,26H,13-14H2,1-2H3,(H,25,27). The molecule has 0 spiro atoms. The molecule has 0 aliphatic carbocycles.